The second-order valence-corrected chi connectivity index (χ2v) is 6.81. The lowest BCUT2D eigenvalue weighted by molar-refractivity contribution is -0.120. The van der Waals surface area contributed by atoms with E-state index in [9.17, 15) is 10.1 Å². The Hall–Kier alpha value is -2.12. The molecule has 1 spiro atoms. The zero-order chi connectivity index (χ0) is 15.3. The van der Waals surface area contributed by atoms with E-state index < -0.39 is 5.41 Å². The summed E-state index contributed by atoms with van der Waals surface area (Å²) >= 11 is 3.48. The second-order valence-electron chi connectivity index (χ2n) is 5.90. The van der Waals surface area contributed by atoms with Gasteiger partial charge in [0.1, 0.15) is 0 Å². The van der Waals surface area contributed by atoms with Gasteiger partial charge in [-0.05, 0) is 35.7 Å². The maximum Gasteiger partial charge on any atom is 0.239 e. The molecule has 1 aliphatic heterocycles. The summed E-state index contributed by atoms with van der Waals surface area (Å²) in [7, 11) is 0. The average Bonchev–Trinajstić information content (AvgIpc) is 3.24. The van der Waals surface area contributed by atoms with Crippen molar-refractivity contribution in [2.75, 3.05) is 4.90 Å². The van der Waals surface area contributed by atoms with Crippen molar-refractivity contribution in [3.8, 4) is 6.07 Å². The Morgan fingerprint density at radius 1 is 1.27 bits per heavy atom. The SMILES string of the molecule is N#C[C@@H]1C[C@]12C(=O)N(Cc1ccccc1)c1ccc(Br)cc12. The molecule has 2 atom stereocenters. The van der Waals surface area contributed by atoms with Crippen LogP contribution < -0.4 is 4.90 Å². The van der Waals surface area contributed by atoms with Gasteiger partial charge in [-0.15, -0.1) is 0 Å². The van der Waals surface area contributed by atoms with Crippen molar-refractivity contribution in [3.05, 3.63) is 64.1 Å². The summed E-state index contributed by atoms with van der Waals surface area (Å²) in [6.07, 6.45) is 0.636. The van der Waals surface area contributed by atoms with E-state index in [0.717, 1.165) is 21.3 Å². The van der Waals surface area contributed by atoms with Gasteiger partial charge in [0.05, 0.1) is 23.9 Å². The first kappa shape index (κ1) is 13.5. The van der Waals surface area contributed by atoms with Gasteiger partial charge in [-0.1, -0.05) is 46.3 Å². The molecule has 0 aromatic heterocycles. The smallest absolute Gasteiger partial charge is 0.239 e. The van der Waals surface area contributed by atoms with E-state index >= 15 is 0 Å². The summed E-state index contributed by atoms with van der Waals surface area (Å²) in [5.41, 5.74) is 2.42. The third-order valence-corrected chi connectivity index (χ3v) is 5.15. The molecule has 108 valence electrons. The molecule has 0 saturated heterocycles. The number of carbonyl (C=O) groups excluding carboxylic acids is 1. The van der Waals surface area contributed by atoms with E-state index in [4.69, 9.17) is 0 Å². The Bertz CT molecular complexity index is 812. The molecular weight excluding hydrogens is 340 g/mol. The fraction of sp³-hybridized carbons (Fsp3) is 0.222. The third kappa shape index (κ3) is 1.75. The fourth-order valence-electron chi connectivity index (χ4n) is 3.44. The van der Waals surface area contributed by atoms with Gasteiger partial charge in [-0.25, -0.2) is 0 Å². The molecule has 1 heterocycles. The van der Waals surface area contributed by atoms with Crippen LogP contribution in [0.5, 0.6) is 0 Å². The molecule has 3 nitrogen and oxygen atoms in total. The molecule has 1 amide bonds. The number of benzene rings is 2. The van der Waals surface area contributed by atoms with Gasteiger partial charge in [0.25, 0.3) is 0 Å². The van der Waals surface area contributed by atoms with Crippen molar-refractivity contribution < 1.29 is 4.79 Å². The minimum absolute atomic E-state index is 0.0657. The normalized spacial score (nSPS) is 25.2. The molecule has 22 heavy (non-hydrogen) atoms. The molecule has 0 bridgehead atoms. The molecule has 1 saturated carbocycles. The average molecular weight is 353 g/mol. The van der Waals surface area contributed by atoms with E-state index in [1.807, 2.05) is 53.4 Å². The van der Waals surface area contributed by atoms with Crippen LogP contribution in [0.2, 0.25) is 0 Å². The molecule has 1 fully saturated rings. The van der Waals surface area contributed by atoms with Crippen LogP contribution in [0.1, 0.15) is 17.5 Å². The Balaban J connectivity index is 1.79. The maximum absolute atomic E-state index is 13.0. The fourth-order valence-corrected chi connectivity index (χ4v) is 3.80. The van der Waals surface area contributed by atoms with Crippen molar-refractivity contribution in [2.24, 2.45) is 5.92 Å². The van der Waals surface area contributed by atoms with Gasteiger partial charge in [0.15, 0.2) is 0 Å². The highest BCUT2D eigenvalue weighted by atomic mass is 79.9. The first-order chi connectivity index (χ1) is 10.7. The molecule has 0 radical (unpaired) electrons. The number of anilines is 1. The molecule has 0 unspecified atom stereocenters. The van der Waals surface area contributed by atoms with E-state index in [1.54, 1.807) is 0 Å². The molecule has 2 aromatic rings. The monoisotopic (exact) mass is 352 g/mol. The van der Waals surface area contributed by atoms with Gasteiger partial charge < -0.3 is 4.90 Å². The number of nitrogens with zero attached hydrogens (tertiary/aromatic N) is 2. The van der Waals surface area contributed by atoms with Crippen molar-refractivity contribution in [2.45, 2.75) is 18.4 Å². The number of amides is 1. The first-order valence-corrected chi connectivity index (χ1v) is 8.01. The van der Waals surface area contributed by atoms with E-state index in [1.165, 1.54) is 0 Å². The Kier molecular flexibility index (Phi) is 2.88. The molecule has 0 N–H and O–H groups in total. The van der Waals surface area contributed by atoms with Gasteiger partial charge in [0.2, 0.25) is 5.91 Å². The van der Waals surface area contributed by atoms with Crippen LogP contribution in [-0.4, -0.2) is 5.91 Å². The minimum Gasteiger partial charge on any atom is -0.307 e. The molecule has 4 rings (SSSR count). The summed E-state index contributed by atoms with van der Waals surface area (Å²) in [5, 5.41) is 9.29. The van der Waals surface area contributed by atoms with Crippen molar-refractivity contribution >= 4 is 27.5 Å². The summed E-state index contributed by atoms with van der Waals surface area (Å²) in [5.74, 6) is -0.134. The quantitative estimate of drug-likeness (QED) is 0.825. The number of rotatable bonds is 2. The van der Waals surface area contributed by atoms with Gasteiger partial charge >= 0.3 is 0 Å². The largest absolute Gasteiger partial charge is 0.307 e. The van der Waals surface area contributed by atoms with E-state index in [0.29, 0.717) is 13.0 Å². The summed E-state index contributed by atoms with van der Waals surface area (Å²) in [6, 6.07) is 18.2. The van der Waals surface area contributed by atoms with Crippen LogP contribution in [0, 0.1) is 17.2 Å². The first-order valence-electron chi connectivity index (χ1n) is 7.22. The van der Waals surface area contributed by atoms with Crippen LogP contribution in [0.15, 0.2) is 53.0 Å². The second kappa shape index (κ2) is 4.69. The number of carbonyl (C=O) groups is 1. The van der Waals surface area contributed by atoms with Gasteiger partial charge in [0, 0.05) is 10.2 Å². The number of fused-ring (bicyclic) bond motifs is 2. The zero-order valence-electron chi connectivity index (χ0n) is 11.8. The third-order valence-electron chi connectivity index (χ3n) is 4.66. The molecular formula is C18H13BrN2O. The summed E-state index contributed by atoms with van der Waals surface area (Å²) in [4.78, 5) is 14.8. The predicted molar refractivity (Wildman–Crippen MR) is 87.2 cm³/mol. The standard InChI is InChI=1S/C18H13BrN2O/c19-14-6-7-16-15(8-14)18(9-13(18)10-20)17(22)21(16)11-12-4-2-1-3-5-12/h1-8,13H,9,11H2/t13-,18-/m0/s1. The number of hydrogen-bond acceptors (Lipinski definition) is 2. The van der Waals surface area contributed by atoms with Crippen LogP contribution in [0.4, 0.5) is 5.69 Å². The highest BCUT2D eigenvalue weighted by Gasteiger charge is 2.67. The summed E-state index contributed by atoms with van der Waals surface area (Å²) in [6.45, 7) is 0.550. The van der Waals surface area contributed by atoms with Crippen LogP contribution >= 0.6 is 15.9 Å². The summed E-state index contributed by atoms with van der Waals surface area (Å²) < 4.78 is 0.948. The zero-order valence-corrected chi connectivity index (χ0v) is 13.4. The Labute approximate surface area is 137 Å². The number of hydrogen-bond donors (Lipinski definition) is 0. The lowest BCUT2D eigenvalue weighted by atomic mass is 9.95. The van der Waals surface area contributed by atoms with Crippen LogP contribution in [-0.2, 0) is 16.8 Å². The van der Waals surface area contributed by atoms with Crippen LogP contribution in [0.3, 0.4) is 0 Å². The van der Waals surface area contributed by atoms with Crippen molar-refractivity contribution in [1.29, 1.82) is 5.26 Å². The topological polar surface area (TPSA) is 44.1 Å². The molecule has 2 aromatic carbocycles. The Morgan fingerprint density at radius 2 is 2.05 bits per heavy atom. The van der Waals surface area contributed by atoms with Crippen molar-refractivity contribution in [3.63, 3.8) is 0 Å². The van der Waals surface area contributed by atoms with E-state index in [-0.39, 0.29) is 11.8 Å². The lowest BCUT2D eigenvalue weighted by Crippen LogP contribution is -2.32. The molecule has 4 heteroatoms. The lowest BCUT2D eigenvalue weighted by Gasteiger charge is -2.18. The molecule has 1 aliphatic carbocycles. The Morgan fingerprint density at radius 3 is 2.73 bits per heavy atom. The predicted octanol–water partition coefficient (Wildman–Crippen LogP) is 3.78. The number of nitriles is 1. The highest BCUT2D eigenvalue weighted by Crippen LogP contribution is 2.61. The van der Waals surface area contributed by atoms with Gasteiger partial charge in [-0.3, -0.25) is 4.79 Å². The van der Waals surface area contributed by atoms with Crippen LogP contribution in [0.25, 0.3) is 0 Å². The molecule has 2 aliphatic rings. The van der Waals surface area contributed by atoms with Gasteiger partial charge in [-0.2, -0.15) is 5.26 Å². The maximum atomic E-state index is 13.0. The highest BCUT2D eigenvalue weighted by molar-refractivity contribution is 9.10. The number of halogens is 1. The van der Waals surface area contributed by atoms with Crippen molar-refractivity contribution in [1.82, 2.24) is 0 Å². The minimum atomic E-state index is -0.608. The van der Waals surface area contributed by atoms with E-state index in [2.05, 4.69) is 22.0 Å².